The molecule has 1 aromatic heterocycles. The van der Waals surface area contributed by atoms with Crippen molar-refractivity contribution < 1.29 is 9.53 Å². The van der Waals surface area contributed by atoms with Crippen LogP contribution in [0.2, 0.25) is 0 Å². The summed E-state index contributed by atoms with van der Waals surface area (Å²) in [5.41, 5.74) is 0.972. The molecule has 0 saturated heterocycles. The molecule has 4 rings (SSSR count). The van der Waals surface area contributed by atoms with E-state index in [1.54, 1.807) is 0 Å². The SMILES string of the molecule is CC[C@@H](Oc1ccc2ccccc2c1)C(=O)Nc1nnc(-c2ccccc2)s1. The number of hydrogen-bond donors (Lipinski definition) is 1. The highest BCUT2D eigenvalue weighted by Gasteiger charge is 2.20. The van der Waals surface area contributed by atoms with Crippen LogP contribution in [0.1, 0.15) is 13.3 Å². The van der Waals surface area contributed by atoms with Crippen LogP contribution < -0.4 is 10.1 Å². The van der Waals surface area contributed by atoms with Crippen molar-refractivity contribution in [3.63, 3.8) is 0 Å². The smallest absolute Gasteiger partial charge is 0.267 e. The molecule has 4 aromatic rings. The maximum absolute atomic E-state index is 12.7. The molecule has 0 spiro atoms. The van der Waals surface area contributed by atoms with Gasteiger partial charge in [-0.2, -0.15) is 0 Å². The van der Waals surface area contributed by atoms with Crippen LogP contribution in [0.15, 0.2) is 72.8 Å². The van der Waals surface area contributed by atoms with Crippen molar-refractivity contribution >= 4 is 33.1 Å². The highest BCUT2D eigenvalue weighted by molar-refractivity contribution is 7.18. The van der Waals surface area contributed by atoms with Gasteiger partial charge < -0.3 is 4.74 Å². The second-order valence-corrected chi connectivity index (χ2v) is 7.27. The molecule has 1 heterocycles. The van der Waals surface area contributed by atoms with E-state index in [0.29, 0.717) is 17.3 Å². The van der Waals surface area contributed by atoms with Gasteiger partial charge in [-0.25, -0.2) is 0 Å². The van der Waals surface area contributed by atoms with Crippen LogP contribution in [0.5, 0.6) is 5.75 Å². The first-order chi connectivity index (χ1) is 13.7. The molecule has 0 aliphatic carbocycles. The molecular weight excluding hydrogens is 370 g/mol. The molecule has 3 aromatic carbocycles. The van der Waals surface area contributed by atoms with Crippen LogP contribution in [0.25, 0.3) is 21.3 Å². The van der Waals surface area contributed by atoms with E-state index < -0.39 is 6.10 Å². The second kappa shape index (κ2) is 8.19. The molecule has 0 saturated carbocycles. The van der Waals surface area contributed by atoms with Crippen molar-refractivity contribution in [1.82, 2.24) is 10.2 Å². The number of nitrogens with zero attached hydrogens (tertiary/aromatic N) is 2. The molecule has 5 nitrogen and oxygen atoms in total. The van der Waals surface area contributed by atoms with E-state index in [9.17, 15) is 4.79 Å². The average Bonchev–Trinajstić information content (AvgIpc) is 3.21. The van der Waals surface area contributed by atoms with Crippen molar-refractivity contribution in [2.75, 3.05) is 5.32 Å². The zero-order valence-electron chi connectivity index (χ0n) is 15.3. The second-order valence-electron chi connectivity index (χ2n) is 6.29. The van der Waals surface area contributed by atoms with E-state index in [1.807, 2.05) is 79.7 Å². The minimum Gasteiger partial charge on any atom is -0.481 e. The molecular formula is C22H19N3O2S. The highest BCUT2D eigenvalue weighted by atomic mass is 32.1. The van der Waals surface area contributed by atoms with E-state index in [4.69, 9.17) is 4.74 Å². The van der Waals surface area contributed by atoms with Crippen LogP contribution in [0, 0.1) is 0 Å². The lowest BCUT2D eigenvalue weighted by atomic mass is 10.1. The Morgan fingerprint density at radius 1 is 1.00 bits per heavy atom. The summed E-state index contributed by atoms with van der Waals surface area (Å²) < 4.78 is 5.94. The molecule has 1 amide bonds. The summed E-state index contributed by atoms with van der Waals surface area (Å²) in [4.78, 5) is 12.7. The van der Waals surface area contributed by atoms with Gasteiger partial charge in [0.15, 0.2) is 6.10 Å². The number of nitrogens with one attached hydrogen (secondary N) is 1. The monoisotopic (exact) mass is 389 g/mol. The lowest BCUT2D eigenvalue weighted by Crippen LogP contribution is -2.32. The Labute approximate surface area is 167 Å². The minimum absolute atomic E-state index is 0.230. The predicted octanol–water partition coefficient (Wildman–Crippen LogP) is 5.15. The molecule has 140 valence electrons. The summed E-state index contributed by atoms with van der Waals surface area (Å²) >= 11 is 1.34. The Hall–Kier alpha value is -3.25. The number of ether oxygens (including phenoxy) is 1. The number of aromatic nitrogens is 2. The highest BCUT2D eigenvalue weighted by Crippen LogP contribution is 2.27. The molecule has 6 heteroatoms. The number of carbonyl (C=O) groups excluding carboxylic acids is 1. The average molecular weight is 389 g/mol. The van der Waals surface area contributed by atoms with Crippen LogP contribution in [0.3, 0.4) is 0 Å². The number of anilines is 1. The molecule has 28 heavy (non-hydrogen) atoms. The van der Waals surface area contributed by atoms with Gasteiger partial charge in [0.05, 0.1) is 0 Å². The zero-order valence-corrected chi connectivity index (χ0v) is 16.1. The molecule has 1 N–H and O–H groups in total. The van der Waals surface area contributed by atoms with Gasteiger partial charge in [0, 0.05) is 5.56 Å². The molecule has 0 fully saturated rings. The number of carbonyl (C=O) groups is 1. The van der Waals surface area contributed by atoms with Crippen molar-refractivity contribution in [3.05, 3.63) is 72.8 Å². The Balaban J connectivity index is 1.46. The van der Waals surface area contributed by atoms with Gasteiger partial charge in [0.1, 0.15) is 10.8 Å². The topological polar surface area (TPSA) is 64.1 Å². The number of amides is 1. The van der Waals surface area contributed by atoms with Crippen molar-refractivity contribution in [3.8, 4) is 16.3 Å². The Kier molecular flexibility index (Phi) is 5.30. The first kappa shape index (κ1) is 18.1. The van der Waals surface area contributed by atoms with E-state index in [1.165, 1.54) is 11.3 Å². The quantitative estimate of drug-likeness (QED) is 0.495. The number of rotatable bonds is 6. The number of fused-ring (bicyclic) bond motifs is 1. The van der Waals surface area contributed by atoms with Crippen molar-refractivity contribution in [2.45, 2.75) is 19.4 Å². The first-order valence-corrected chi connectivity index (χ1v) is 9.90. The molecule has 0 unspecified atom stereocenters. The maximum Gasteiger partial charge on any atom is 0.267 e. The van der Waals surface area contributed by atoms with Gasteiger partial charge in [0.2, 0.25) is 5.13 Å². The third kappa shape index (κ3) is 4.02. The van der Waals surface area contributed by atoms with Gasteiger partial charge in [-0.1, -0.05) is 78.9 Å². The van der Waals surface area contributed by atoms with Crippen LogP contribution >= 0.6 is 11.3 Å². The number of hydrogen-bond acceptors (Lipinski definition) is 5. The fourth-order valence-corrected chi connectivity index (χ4v) is 3.64. The lowest BCUT2D eigenvalue weighted by molar-refractivity contribution is -0.122. The lowest BCUT2D eigenvalue weighted by Gasteiger charge is -2.16. The third-order valence-electron chi connectivity index (χ3n) is 4.34. The normalized spacial score (nSPS) is 11.9. The summed E-state index contributed by atoms with van der Waals surface area (Å²) in [5, 5.41) is 14.5. The first-order valence-electron chi connectivity index (χ1n) is 9.08. The molecule has 1 atom stereocenters. The maximum atomic E-state index is 12.7. The van der Waals surface area contributed by atoms with E-state index in [2.05, 4.69) is 15.5 Å². The van der Waals surface area contributed by atoms with E-state index in [-0.39, 0.29) is 5.91 Å². The van der Waals surface area contributed by atoms with Gasteiger partial charge >= 0.3 is 0 Å². The van der Waals surface area contributed by atoms with E-state index >= 15 is 0 Å². The third-order valence-corrected chi connectivity index (χ3v) is 5.23. The number of benzene rings is 3. The fourth-order valence-electron chi connectivity index (χ4n) is 2.88. The zero-order chi connectivity index (χ0) is 19.3. The molecule has 0 bridgehead atoms. The largest absolute Gasteiger partial charge is 0.481 e. The predicted molar refractivity (Wildman–Crippen MR) is 113 cm³/mol. The van der Waals surface area contributed by atoms with Crippen LogP contribution in [-0.4, -0.2) is 22.2 Å². The molecule has 0 aliphatic heterocycles. The standard InChI is InChI=1S/C22H19N3O2S/c1-2-19(27-18-13-12-15-8-6-7-11-17(15)14-18)20(26)23-22-25-24-21(28-22)16-9-4-3-5-10-16/h3-14,19H,2H2,1H3,(H,23,25,26)/t19-/m1/s1. The summed E-state index contributed by atoms with van der Waals surface area (Å²) in [7, 11) is 0. The van der Waals surface area contributed by atoms with Crippen molar-refractivity contribution in [2.24, 2.45) is 0 Å². The van der Waals surface area contributed by atoms with E-state index in [0.717, 1.165) is 21.3 Å². The summed E-state index contributed by atoms with van der Waals surface area (Å²) in [6.07, 6.45) is -0.0616. The molecule has 0 aliphatic rings. The Morgan fingerprint density at radius 3 is 2.54 bits per heavy atom. The minimum atomic E-state index is -0.606. The van der Waals surface area contributed by atoms with Crippen LogP contribution in [-0.2, 0) is 4.79 Å². The van der Waals surface area contributed by atoms with Gasteiger partial charge in [-0.05, 0) is 29.3 Å². The Bertz CT molecular complexity index is 1100. The summed E-state index contributed by atoms with van der Waals surface area (Å²) in [6, 6.07) is 23.6. The van der Waals surface area contributed by atoms with Crippen molar-refractivity contribution in [1.29, 1.82) is 0 Å². The Morgan fingerprint density at radius 2 is 1.75 bits per heavy atom. The van der Waals surface area contributed by atoms with Gasteiger partial charge in [0.25, 0.3) is 5.91 Å². The van der Waals surface area contributed by atoms with Crippen LogP contribution in [0.4, 0.5) is 5.13 Å². The summed E-state index contributed by atoms with van der Waals surface area (Å²) in [5.74, 6) is 0.439. The fraction of sp³-hybridized carbons (Fsp3) is 0.136. The summed E-state index contributed by atoms with van der Waals surface area (Å²) in [6.45, 7) is 1.92. The van der Waals surface area contributed by atoms with Gasteiger partial charge in [-0.3, -0.25) is 10.1 Å². The molecule has 0 radical (unpaired) electrons. The van der Waals surface area contributed by atoms with Gasteiger partial charge in [-0.15, -0.1) is 10.2 Å².